The Labute approximate surface area is 186 Å². The van der Waals surface area contributed by atoms with Gasteiger partial charge in [0.15, 0.2) is 0 Å². The lowest BCUT2D eigenvalue weighted by molar-refractivity contribution is -0.388. The Bertz CT molecular complexity index is 1180. The summed E-state index contributed by atoms with van der Waals surface area (Å²) in [4.78, 5) is 23.9. The molecule has 2 aromatic rings. The van der Waals surface area contributed by atoms with Gasteiger partial charge < -0.3 is 4.90 Å². The van der Waals surface area contributed by atoms with Gasteiger partial charge in [-0.15, -0.1) is 0 Å². The zero-order valence-electron chi connectivity index (χ0n) is 18.0. The summed E-state index contributed by atoms with van der Waals surface area (Å²) in [5.74, 6) is -0.628. The molecule has 0 aliphatic carbocycles. The Hall–Kier alpha value is -3.01. The lowest BCUT2D eigenvalue weighted by atomic mass is 10.3. The zero-order valence-corrected chi connectivity index (χ0v) is 18.9. The number of sulfonamides is 1. The Morgan fingerprint density at radius 2 is 1.79 bits per heavy atom. The summed E-state index contributed by atoms with van der Waals surface area (Å²) in [6.07, 6.45) is -3.61. The lowest BCUT2D eigenvalue weighted by Gasteiger charge is -2.33. The van der Waals surface area contributed by atoms with E-state index in [2.05, 4.69) is 10.2 Å². The summed E-state index contributed by atoms with van der Waals surface area (Å²) in [7, 11) is -3.83. The van der Waals surface area contributed by atoms with E-state index in [9.17, 15) is 36.5 Å². The molecule has 1 saturated heterocycles. The first kappa shape index (κ1) is 24.6. The van der Waals surface area contributed by atoms with E-state index in [0.29, 0.717) is 16.9 Å². The van der Waals surface area contributed by atoms with E-state index in [1.54, 1.807) is 6.92 Å². The fourth-order valence-corrected chi connectivity index (χ4v) is 5.15. The number of nitrogens with zero attached hydrogens (tertiary/aromatic N) is 7. The average Bonchev–Trinajstić information content (AvgIpc) is 3.28. The second-order valence-corrected chi connectivity index (χ2v) is 9.32. The summed E-state index contributed by atoms with van der Waals surface area (Å²) in [5, 5.41) is 18.4. The topological polar surface area (TPSA) is 136 Å². The van der Waals surface area contributed by atoms with Crippen LogP contribution < -0.4 is 0 Å². The first-order valence-corrected chi connectivity index (χ1v) is 11.3. The molecule has 0 saturated carbocycles. The summed E-state index contributed by atoms with van der Waals surface area (Å²) in [5.41, 5.74) is -2.91. The lowest BCUT2D eigenvalue weighted by Crippen LogP contribution is -2.51. The molecule has 1 aliphatic heterocycles. The number of aromatic nitrogens is 4. The van der Waals surface area contributed by atoms with Crippen LogP contribution in [-0.2, 0) is 34.1 Å². The normalized spacial score (nSPS) is 15.8. The molecule has 3 rings (SSSR count). The van der Waals surface area contributed by atoms with E-state index in [1.807, 2.05) is 6.92 Å². The highest BCUT2D eigenvalue weighted by atomic mass is 32.2. The van der Waals surface area contributed by atoms with Gasteiger partial charge in [0.25, 0.3) is 0 Å². The molecule has 0 radical (unpaired) electrons. The van der Waals surface area contributed by atoms with Gasteiger partial charge in [-0.05, 0) is 20.8 Å². The Morgan fingerprint density at radius 1 is 1.18 bits per heavy atom. The van der Waals surface area contributed by atoms with Crippen LogP contribution in [0.4, 0.5) is 18.9 Å². The molecule has 0 N–H and O–H groups in total. The van der Waals surface area contributed by atoms with Crippen molar-refractivity contribution in [1.29, 1.82) is 0 Å². The van der Waals surface area contributed by atoms with Gasteiger partial charge in [0.2, 0.25) is 21.6 Å². The van der Waals surface area contributed by atoms with E-state index >= 15 is 0 Å². The van der Waals surface area contributed by atoms with Crippen molar-refractivity contribution in [3.05, 3.63) is 33.4 Å². The number of halogens is 3. The second-order valence-electron chi connectivity index (χ2n) is 7.41. The maximum Gasteiger partial charge on any atom is 0.442 e. The van der Waals surface area contributed by atoms with Crippen molar-refractivity contribution in [2.24, 2.45) is 0 Å². The predicted molar refractivity (Wildman–Crippen MR) is 107 cm³/mol. The standard InChI is InChI=1S/C17H22F3N7O5S/c1-4-24-9-13(11(2)21-24)33(31,32)25-7-5-23(6-8-25)14(28)10-26-12(3)15(27(29)30)16(22-26)17(18,19)20/h9H,4-8,10H2,1-3H3. The van der Waals surface area contributed by atoms with Gasteiger partial charge in [-0.25, -0.2) is 8.42 Å². The van der Waals surface area contributed by atoms with Crippen LogP contribution in [0.25, 0.3) is 0 Å². The molecule has 0 unspecified atom stereocenters. The maximum atomic E-state index is 13.1. The van der Waals surface area contributed by atoms with Crippen LogP contribution in [0.1, 0.15) is 24.0 Å². The number of amides is 1. The van der Waals surface area contributed by atoms with Gasteiger partial charge in [0.05, 0.1) is 10.6 Å². The smallest absolute Gasteiger partial charge is 0.338 e. The van der Waals surface area contributed by atoms with E-state index in [4.69, 9.17) is 0 Å². The molecule has 182 valence electrons. The van der Waals surface area contributed by atoms with Crippen molar-refractivity contribution in [2.45, 2.75) is 44.9 Å². The highest BCUT2D eigenvalue weighted by Crippen LogP contribution is 2.37. The van der Waals surface area contributed by atoms with Crippen LogP contribution in [0.15, 0.2) is 11.1 Å². The first-order chi connectivity index (χ1) is 15.3. The maximum absolute atomic E-state index is 13.1. The van der Waals surface area contributed by atoms with Crippen LogP contribution in [0.5, 0.6) is 0 Å². The molecule has 12 nitrogen and oxygen atoms in total. The van der Waals surface area contributed by atoms with Gasteiger partial charge in [0.1, 0.15) is 17.1 Å². The number of carbonyl (C=O) groups is 1. The number of aryl methyl sites for hydroxylation is 2. The second kappa shape index (κ2) is 8.74. The molecule has 33 heavy (non-hydrogen) atoms. The number of hydrogen-bond acceptors (Lipinski definition) is 7. The minimum absolute atomic E-state index is 0.00750. The molecule has 1 amide bonds. The van der Waals surface area contributed by atoms with E-state index in [1.165, 1.54) is 20.1 Å². The highest BCUT2D eigenvalue weighted by molar-refractivity contribution is 7.89. The molecule has 0 aromatic carbocycles. The Morgan fingerprint density at radius 3 is 2.24 bits per heavy atom. The average molecular weight is 493 g/mol. The first-order valence-electron chi connectivity index (χ1n) is 9.88. The molecule has 16 heteroatoms. The fraction of sp³-hybridized carbons (Fsp3) is 0.588. The Balaban J connectivity index is 1.71. The van der Waals surface area contributed by atoms with Crippen molar-refractivity contribution >= 4 is 21.6 Å². The van der Waals surface area contributed by atoms with E-state index < -0.39 is 50.7 Å². The van der Waals surface area contributed by atoms with Crippen molar-refractivity contribution in [1.82, 2.24) is 28.8 Å². The predicted octanol–water partition coefficient (Wildman–Crippen LogP) is 1.18. The number of hydrogen-bond donors (Lipinski definition) is 0. The van der Waals surface area contributed by atoms with Crippen LogP contribution >= 0.6 is 0 Å². The summed E-state index contributed by atoms with van der Waals surface area (Å²) < 4.78 is 68.5. The van der Waals surface area contributed by atoms with Gasteiger partial charge in [-0.3, -0.25) is 24.3 Å². The number of rotatable bonds is 6. The van der Waals surface area contributed by atoms with E-state index in [-0.39, 0.29) is 31.1 Å². The van der Waals surface area contributed by atoms with Crippen molar-refractivity contribution in [3.8, 4) is 0 Å². The summed E-state index contributed by atoms with van der Waals surface area (Å²) >= 11 is 0. The molecule has 0 spiro atoms. The van der Waals surface area contributed by atoms with Crippen LogP contribution in [0.3, 0.4) is 0 Å². The Kier molecular flexibility index (Phi) is 6.52. The zero-order chi connectivity index (χ0) is 24.7. The SMILES string of the molecule is CCn1cc(S(=O)(=O)N2CCN(C(=O)Cn3nc(C(F)(F)F)c([N+](=O)[O-])c3C)CC2)c(C)n1. The summed E-state index contributed by atoms with van der Waals surface area (Å²) in [6.45, 7) is 4.32. The molecule has 2 aromatic heterocycles. The van der Waals surface area contributed by atoms with Crippen molar-refractivity contribution < 1.29 is 31.3 Å². The number of piperazine rings is 1. The van der Waals surface area contributed by atoms with Gasteiger partial charge in [-0.1, -0.05) is 0 Å². The minimum Gasteiger partial charge on any atom is -0.338 e. The number of nitro groups is 1. The quantitative estimate of drug-likeness (QED) is 0.435. The molecule has 1 aliphatic rings. The molecule has 3 heterocycles. The minimum atomic E-state index is -5.05. The number of alkyl halides is 3. The van der Waals surface area contributed by atoms with Crippen LogP contribution in [-0.4, -0.2) is 74.2 Å². The summed E-state index contributed by atoms with van der Waals surface area (Å²) in [6, 6.07) is 0. The fourth-order valence-electron chi connectivity index (χ4n) is 3.56. The molecular weight excluding hydrogens is 471 g/mol. The third kappa shape index (κ3) is 4.71. The van der Waals surface area contributed by atoms with Crippen molar-refractivity contribution in [3.63, 3.8) is 0 Å². The molecular formula is C17H22F3N7O5S. The third-order valence-corrected chi connectivity index (χ3v) is 7.35. The van der Waals surface area contributed by atoms with Gasteiger partial charge in [0, 0.05) is 38.9 Å². The molecule has 1 fully saturated rings. The van der Waals surface area contributed by atoms with E-state index in [0.717, 1.165) is 6.92 Å². The molecule has 0 bridgehead atoms. The highest BCUT2D eigenvalue weighted by Gasteiger charge is 2.44. The third-order valence-electron chi connectivity index (χ3n) is 5.35. The van der Waals surface area contributed by atoms with Crippen LogP contribution in [0, 0.1) is 24.0 Å². The molecule has 0 atom stereocenters. The van der Waals surface area contributed by atoms with Gasteiger partial charge in [-0.2, -0.15) is 27.7 Å². The van der Waals surface area contributed by atoms with Crippen molar-refractivity contribution in [2.75, 3.05) is 26.2 Å². The van der Waals surface area contributed by atoms with Gasteiger partial charge >= 0.3 is 11.9 Å². The number of carbonyl (C=O) groups excluding carboxylic acids is 1. The largest absolute Gasteiger partial charge is 0.442 e. The van der Waals surface area contributed by atoms with Crippen LogP contribution in [0.2, 0.25) is 0 Å². The monoisotopic (exact) mass is 493 g/mol.